The van der Waals surface area contributed by atoms with Gasteiger partial charge in [-0.25, -0.2) is 9.97 Å². The van der Waals surface area contributed by atoms with Crippen molar-refractivity contribution in [1.29, 1.82) is 0 Å². The van der Waals surface area contributed by atoms with Crippen LogP contribution in [0.3, 0.4) is 0 Å². The van der Waals surface area contributed by atoms with Crippen LogP contribution in [0, 0.1) is 0 Å². The molecule has 0 aliphatic heterocycles. The third-order valence-electron chi connectivity index (χ3n) is 3.26. The molecule has 0 aliphatic carbocycles. The number of ether oxygens (including phenoxy) is 1. The fourth-order valence-corrected chi connectivity index (χ4v) is 3.04. The van der Waals surface area contributed by atoms with E-state index in [1.807, 2.05) is 24.3 Å². The Morgan fingerprint density at radius 1 is 1.21 bits per heavy atom. The third kappa shape index (κ3) is 4.10. The molecule has 3 rings (SSSR count). The van der Waals surface area contributed by atoms with Crippen molar-refractivity contribution in [2.45, 2.75) is 6.42 Å². The zero-order chi connectivity index (χ0) is 16.9. The smallest absolute Gasteiger partial charge is 0.276 e. The Morgan fingerprint density at radius 3 is 2.71 bits per heavy atom. The summed E-state index contributed by atoms with van der Waals surface area (Å²) in [5.74, 6) is 0.908. The molecule has 0 spiro atoms. The number of carbonyl (C=O) groups excluding carboxylic acids is 1. The number of halogens is 1. The number of benzene rings is 1. The first-order valence-corrected chi connectivity index (χ1v) is 8.41. The molecule has 24 heavy (non-hydrogen) atoms. The molecule has 0 atom stereocenters. The highest BCUT2D eigenvalue weighted by molar-refractivity contribution is 7.09. The minimum atomic E-state index is -0.304. The Morgan fingerprint density at radius 2 is 2.00 bits per heavy atom. The number of nitrogens with one attached hydrogen (secondary N) is 1. The van der Waals surface area contributed by atoms with Gasteiger partial charge >= 0.3 is 0 Å². The molecule has 0 saturated heterocycles. The van der Waals surface area contributed by atoms with E-state index in [1.54, 1.807) is 30.7 Å². The van der Waals surface area contributed by atoms with Gasteiger partial charge in [-0.3, -0.25) is 4.79 Å². The minimum Gasteiger partial charge on any atom is -0.497 e. The molecule has 0 radical (unpaired) electrons. The van der Waals surface area contributed by atoms with Gasteiger partial charge in [0, 0.05) is 11.8 Å². The summed E-state index contributed by atoms with van der Waals surface area (Å²) >= 11 is 7.25. The van der Waals surface area contributed by atoms with Gasteiger partial charge in [-0.2, -0.15) is 0 Å². The number of anilines is 1. The number of amides is 1. The molecule has 2 heterocycles. The zero-order valence-corrected chi connectivity index (χ0v) is 14.4. The van der Waals surface area contributed by atoms with Crippen LogP contribution < -0.4 is 10.1 Å². The quantitative estimate of drug-likeness (QED) is 0.698. The lowest BCUT2D eigenvalue weighted by atomic mass is 10.1. The van der Waals surface area contributed by atoms with Crippen LogP contribution in [0.4, 0.5) is 5.82 Å². The molecule has 7 heteroatoms. The summed E-state index contributed by atoms with van der Waals surface area (Å²) in [6.45, 7) is 0. The van der Waals surface area contributed by atoms with Gasteiger partial charge in [0.2, 0.25) is 0 Å². The molecule has 5 nitrogen and oxygen atoms in total. The molecule has 1 aromatic carbocycles. The van der Waals surface area contributed by atoms with E-state index in [1.165, 1.54) is 11.3 Å². The van der Waals surface area contributed by atoms with Crippen LogP contribution in [-0.4, -0.2) is 23.0 Å². The molecule has 3 aromatic rings. The molecule has 1 N–H and O–H groups in total. The average Bonchev–Trinajstić information content (AvgIpc) is 3.04. The Balaban J connectivity index is 1.66. The zero-order valence-electron chi connectivity index (χ0n) is 12.8. The summed E-state index contributed by atoms with van der Waals surface area (Å²) in [4.78, 5) is 20.6. The maximum Gasteiger partial charge on any atom is 0.276 e. The predicted octanol–water partition coefficient (Wildman–Crippen LogP) is 4.04. The Kier molecular flexibility index (Phi) is 5.08. The monoisotopic (exact) mass is 359 g/mol. The van der Waals surface area contributed by atoms with Gasteiger partial charge in [0.25, 0.3) is 5.91 Å². The highest BCUT2D eigenvalue weighted by atomic mass is 35.5. The number of nitrogens with zero attached hydrogens (tertiary/aromatic N) is 2. The molecule has 0 saturated carbocycles. The first-order chi connectivity index (χ1) is 11.6. The lowest BCUT2D eigenvalue weighted by molar-refractivity contribution is 0.102. The van der Waals surface area contributed by atoms with Crippen LogP contribution in [-0.2, 0) is 6.42 Å². The van der Waals surface area contributed by atoms with E-state index in [-0.39, 0.29) is 5.91 Å². The lowest BCUT2D eigenvalue weighted by Crippen LogP contribution is -2.13. The van der Waals surface area contributed by atoms with E-state index in [2.05, 4.69) is 15.3 Å². The van der Waals surface area contributed by atoms with Crippen LogP contribution in [0.25, 0.3) is 0 Å². The molecule has 0 fully saturated rings. The van der Waals surface area contributed by atoms with Gasteiger partial charge in [0.1, 0.15) is 22.4 Å². The molecular formula is C17H14ClN3O2S. The van der Waals surface area contributed by atoms with Crippen molar-refractivity contribution in [3.63, 3.8) is 0 Å². The van der Waals surface area contributed by atoms with Crippen molar-refractivity contribution in [2.24, 2.45) is 0 Å². The largest absolute Gasteiger partial charge is 0.497 e. The number of pyridine rings is 1. The maximum absolute atomic E-state index is 12.2. The highest BCUT2D eigenvalue weighted by Gasteiger charge is 2.12. The summed E-state index contributed by atoms with van der Waals surface area (Å²) < 4.78 is 5.14. The Bertz CT molecular complexity index is 849. The van der Waals surface area contributed by atoms with Crippen molar-refractivity contribution in [3.05, 3.63) is 69.3 Å². The van der Waals surface area contributed by atoms with E-state index in [0.29, 0.717) is 23.1 Å². The number of rotatable bonds is 5. The fourth-order valence-electron chi connectivity index (χ4n) is 2.07. The van der Waals surface area contributed by atoms with Crippen LogP contribution in [0.15, 0.2) is 47.8 Å². The van der Waals surface area contributed by atoms with Crippen molar-refractivity contribution >= 4 is 34.7 Å². The number of methoxy groups -OCH3 is 1. The van der Waals surface area contributed by atoms with E-state index < -0.39 is 0 Å². The van der Waals surface area contributed by atoms with Crippen LogP contribution in [0.5, 0.6) is 5.75 Å². The van der Waals surface area contributed by atoms with Gasteiger partial charge in [-0.1, -0.05) is 29.8 Å². The van der Waals surface area contributed by atoms with E-state index in [4.69, 9.17) is 16.3 Å². The van der Waals surface area contributed by atoms with E-state index >= 15 is 0 Å². The number of hydrogen-bond donors (Lipinski definition) is 1. The topological polar surface area (TPSA) is 64.1 Å². The van der Waals surface area contributed by atoms with Crippen molar-refractivity contribution in [1.82, 2.24) is 9.97 Å². The average molecular weight is 360 g/mol. The van der Waals surface area contributed by atoms with Gasteiger partial charge < -0.3 is 10.1 Å². The highest BCUT2D eigenvalue weighted by Crippen LogP contribution is 2.18. The summed E-state index contributed by atoms with van der Waals surface area (Å²) in [7, 11) is 1.63. The standard InChI is InChI=1S/C17H14ClN3O2S/c1-23-12-7-5-11(6-8-12)9-16-19-13(10-24-16)17(22)21-15-4-2-3-14(18)20-15/h2-8,10H,9H2,1H3,(H,20,21,22). The second kappa shape index (κ2) is 7.42. The van der Waals surface area contributed by atoms with E-state index in [9.17, 15) is 4.79 Å². The summed E-state index contributed by atoms with van der Waals surface area (Å²) in [6, 6.07) is 12.8. The number of thiazole rings is 1. The number of hydrogen-bond acceptors (Lipinski definition) is 5. The first-order valence-electron chi connectivity index (χ1n) is 7.15. The Hall–Kier alpha value is -2.44. The second-order valence-corrected chi connectivity index (χ2v) is 6.28. The van der Waals surface area contributed by atoms with E-state index in [0.717, 1.165) is 16.3 Å². The summed E-state index contributed by atoms with van der Waals surface area (Å²) in [6.07, 6.45) is 0.664. The van der Waals surface area contributed by atoms with Crippen molar-refractivity contribution < 1.29 is 9.53 Å². The van der Waals surface area contributed by atoms with Crippen LogP contribution in [0.2, 0.25) is 5.15 Å². The normalized spacial score (nSPS) is 10.4. The van der Waals surface area contributed by atoms with Crippen molar-refractivity contribution in [2.75, 3.05) is 12.4 Å². The maximum atomic E-state index is 12.2. The summed E-state index contributed by atoms with van der Waals surface area (Å²) in [5, 5.41) is 5.61. The number of carbonyl (C=O) groups is 1. The van der Waals surface area contributed by atoms with Crippen molar-refractivity contribution in [3.8, 4) is 5.75 Å². The van der Waals surface area contributed by atoms with Gasteiger partial charge in [-0.05, 0) is 29.8 Å². The fraction of sp³-hybridized carbons (Fsp3) is 0.118. The molecule has 0 bridgehead atoms. The molecule has 122 valence electrons. The molecule has 0 aliphatic rings. The minimum absolute atomic E-state index is 0.304. The van der Waals surface area contributed by atoms with Crippen LogP contribution in [0.1, 0.15) is 21.1 Å². The van der Waals surface area contributed by atoms with Gasteiger partial charge in [0.15, 0.2) is 0 Å². The van der Waals surface area contributed by atoms with Crippen LogP contribution >= 0.6 is 22.9 Å². The SMILES string of the molecule is COc1ccc(Cc2nc(C(=O)Nc3cccc(Cl)n3)cs2)cc1. The summed E-state index contributed by atoms with van der Waals surface area (Å²) in [5.41, 5.74) is 1.47. The van der Waals surface area contributed by atoms with Gasteiger partial charge in [-0.15, -0.1) is 11.3 Å². The molecular weight excluding hydrogens is 346 g/mol. The first kappa shape index (κ1) is 16.4. The molecule has 2 aromatic heterocycles. The van der Waals surface area contributed by atoms with Gasteiger partial charge in [0.05, 0.1) is 12.1 Å². The second-order valence-electron chi connectivity index (χ2n) is 4.95. The predicted molar refractivity (Wildman–Crippen MR) is 95.1 cm³/mol. The lowest BCUT2D eigenvalue weighted by Gasteiger charge is -2.02. The molecule has 1 amide bonds. The Labute approximate surface area is 148 Å². The number of aromatic nitrogens is 2. The third-order valence-corrected chi connectivity index (χ3v) is 4.31. The molecule has 0 unspecified atom stereocenters.